The van der Waals surface area contributed by atoms with Crippen LogP contribution in [0, 0.1) is 6.92 Å². The second-order valence-electron chi connectivity index (χ2n) is 6.05. The normalized spacial score (nSPS) is 14.1. The molecular formula is C18H20N2O3. The number of aliphatic hydroxyl groups is 2. The summed E-state index contributed by atoms with van der Waals surface area (Å²) in [6.45, 7) is 3.55. The Morgan fingerprint density at radius 2 is 1.87 bits per heavy atom. The Morgan fingerprint density at radius 3 is 2.52 bits per heavy atom. The third-order valence-electron chi connectivity index (χ3n) is 4.28. The number of H-pyrrole nitrogens is 1. The molecule has 5 heteroatoms. The number of aromatic nitrogens is 2. The van der Waals surface area contributed by atoms with E-state index < -0.39 is 5.60 Å². The molecule has 3 aromatic rings. The molecule has 0 radical (unpaired) electrons. The Labute approximate surface area is 133 Å². The minimum atomic E-state index is -1.07. The quantitative estimate of drug-likeness (QED) is 0.691. The van der Waals surface area contributed by atoms with Crippen molar-refractivity contribution < 1.29 is 10.2 Å². The zero-order valence-corrected chi connectivity index (χ0v) is 13.2. The molecule has 0 aliphatic heterocycles. The first kappa shape index (κ1) is 15.5. The Balaban J connectivity index is 2.03. The summed E-state index contributed by atoms with van der Waals surface area (Å²) in [5.41, 5.74) is 2.73. The molecule has 0 fully saturated rings. The molecule has 0 saturated heterocycles. The third-order valence-corrected chi connectivity index (χ3v) is 4.28. The van der Waals surface area contributed by atoms with Gasteiger partial charge in [-0.2, -0.15) is 0 Å². The zero-order valence-electron chi connectivity index (χ0n) is 13.2. The molecule has 2 heterocycles. The number of nitrogens with zero attached hydrogens (tertiary/aromatic N) is 1. The molecule has 0 unspecified atom stereocenters. The fraction of sp³-hybridized carbons (Fsp3) is 0.278. The molecule has 0 bridgehead atoms. The average molecular weight is 312 g/mol. The third kappa shape index (κ3) is 2.81. The average Bonchev–Trinajstić information content (AvgIpc) is 2.89. The second-order valence-corrected chi connectivity index (χ2v) is 6.05. The lowest BCUT2D eigenvalue weighted by Gasteiger charge is -2.23. The number of hydrogen-bond acceptors (Lipinski definition) is 3. The van der Waals surface area contributed by atoms with Crippen LogP contribution in [0.5, 0.6) is 0 Å². The number of aryl methyl sites for hydroxylation is 1. The van der Waals surface area contributed by atoms with E-state index in [9.17, 15) is 9.90 Å². The number of rotatable bonds is 4. The predicted octanol–water partition coefficient (Wildman–Crippen LogP) is 2.19. The van der Waals surface area contributed by atoms with Gasteiger partial charge in [-0.25, -0.2) is 0 Å². The lowest BCUT2D eigenvalue weighted by atomic mass is 9.92. The van der Waals surface area contributed by atoms with E-state index in [-0.39, 0.29) is 18.6 Å². The molecule has 23 heavy (non-hydrogen) atoms. The minimum absolute atomic E-state index is 0.0777. The number of aliphatic hydroxyl groups excluding tert-OH is 1. The van der Waals surface area contributed by atoms with Crippen molar-refractivity contribution in [2.75, 3.05) is 6.61 Å². The van der Waals surface area contributed by atoms with Crippen LogP contribution in [0.25, 0.3) is 16.8 Å². The molecule has 3 N–H and O–H groups in total. The number of hydrogen-bond donors (Lipinski definition) is 3. The zero-order chi connectivity index (χ0) is 16.6. The molecule has 5 nitrogen and oxygen atoms in total. The largest absolute Gasteiger partial charge is 0.396 e. The van der Waals surface area contributed by atoms with Crippen molar-refractivity contribution in [2.45, 2.75) is 25.9 Å². The van der Waals surface area contributed by atoms with Crippen molar-refractivity contribution in [3.63, 3.8) is 0 Å². The molecule has 0 aliphatic rings. The lowest BCUT2D eigenvalue weighted by molar-refractivity contribution is 0.0299. The van der Waals surface area contributed by atoms with Crippen LogP contribution < -0.4 is 5.56 Å². The molecule has 120 valence electrons. The summed E-state index contributed by atoms with van der Waals surface area (Å²) in [5, 5.41) is 19.3. The number of aromatic amines is 1. The van der Waals surface area contributed by atoms with Gasteiger partial charge in [0.1, 0.15) is 5.52 Å². The van der Waals surface area contributed by atoms with E-state index in [0.29, 0.717) is 5.52 Å². The van der Waals surface area contributed by atoms with Gasteiger partial charge in [0.15, 0.2) is 0 Å². The van der Waals surface area contributed by atoms with Gasteiger partial charge in [-0.3, -0.25) is 4.79 Å². The molecule has 0 amide bonds. The maximum atomic E-state index is 12.2. The Kier molecular flexibility index (Phi) is 3.83. The molecule has 1 aromatic carbocycles. The lowest BCUT2D eigenvalue weighted by Crippen LogP contribution is -2.22. The van der Waals surface area contributed by atoms with Gasteiger partial charge < -0.3 is 19.6 Å². The minimum Gasteiger partial charge on any atom is -0.396 e. The molecule has 2 aromatic heterocycles. The van der Waals surface area contributed by atoms with Gasteiger partial charge >= 0.3 is 0 Å². The highest BCUT2D eigenvalue weighted by Crippen LogP contribution is 2.26. The van der Waals surface area contributed by atoms with Crippen molar-refractivity contribution in [1.29, 1.82) is 0 Å². The molecular weight excluding hydrogens is 292 g/mol. The van der Waals surface area contributed by atoms with Crippen LogP contribution in [0.1, 0.15) is 24.6 Å². The van der Waals surface area contributed by atoms with E-state index in [2.05, 4.69) is 4.98 Å². The van der Waals surface area contributed by atoms with Crippen molar-refractivity contribution in [3.05, 3.63) is 64.2 Å². The summed E-state index contributed by atoms with van der Waals surface area (Å²) in [6.07, 6.45) is 2.17. The number of nitrogens with one attached hydrogen (secondary N) is 1. The molecule has 0 aliphatic carbocycles. The number of fused-ring (bicyclic) bond motifs is 1. The first-order valence-corrected chi connectivity index (χ1v) is 7.57. The summed E-state index contributed by atoms with van der Waals surface area (Å²) in [4.78, 5) is 15.0. The monoisotopic (exact) mass is 312 g/mol. The predicted molar refractivity (Wildman–Crippen MR) is 89.5 cm³/mol. The highest BCUT2D eigenvalue weighted by molar-refractivity contribution is 5.61. The maximum absolute atomic E-state index is 12.2. The highest BCUT2D eigenvalue weighted by Gasteiger charge is 2.22. The first-order valence-electron chi connectivity index (χ1n) is 7.57. The van der Waals surface area contributed by atoms with Gasteiger partial charge in [-0.15, -0.1) is 0 Å². The SMILES string of the molecule is Cc1ccc2c(=O)[nH]c(-c3ccc([C@@](C)(O)CCO)cc3)cn12. The summed E-state index contributed by atoms with van der Waals surface area (Å²) >= 11 is 0. The number of benzene rings is 1. The molecule has 1 atom stereocenters. The van der Waals surface area contributed by atoms with Crippen LogP contribution in [0.4, 0.5) is 0 Å². The van der Waals surface area contributed by atoms with Gasteiger partial charge in [0, 0.05) is 24.9 Å². The summed E-state index contributed by atoms with van der Waals surface area (Å²) < 4.78 is 1.87. The van der Waals surface area contributed by atoms with Crippen molar-refractivity contribution in [2.24, 2.45) is 0 Å². The van der Waals surface area contributed by atoms with E-state index in [4.69, 9.17) is 5.11 Å². The van der Waals surface area contributed by atoms with Gasteiger partial charge in [0.05, 0.1) is 11.3 Å². The Hall–Kier alpha value is -2.37. The van der Waals surface area contributed by atoms with Gasteiger partial charge in [-0.05, 0) is 37.1 Å². The van der Waals surface area contributed by atoms with Crippen LogP contribution in [0.15, 0.2) is 47.4 Å². The molecule has 0 spiro atoms. The topological polar surface area (TPSA) is 77.7 Å². The van der Waals surface area contributed by atoms with E-state index in [0.717, 1.165) is 22.5 Å². The van der Waals surface area contributed by atoms with Crippen molar-refractivity contribution in [3.8, 4) is 11.3 Å². The fourth-order valence-corrected chi connectivity index (χ4v) is 2.77. The van der Waals surface area contributed by atoms with Gasteiger partial charge in [0.2, 0.25) is 0 Å². The first-order chi connectivity index (χ1) is 10.9. The highest BCUT2D eigenvalue weighted by atomic mass is 16.3. The molecule has 3 rings (SSSR count). The van der Waals surface area contributed by atoms with Gasteiger partial charge in [-0.1, -0.05) is 24.3 Å². The van der Waals surface area contributed by atoms with E-state index in [1.165, 1.54) is 0 Å². The fourth-order valence-electron chi connectivity index (χ4n) is 2.77. The summed E-state index contributed by atoms with van der Waals surface area (Å²) in [6, 6.07) is 11.1. The van der Waals surface area contributed by atoms with E-state index >= 15 is 0 Å². The van der Waals surface area contributed by atoms with Crippen LogP contribution in [-0.2, 0) is 5.60 Å². The van der Waals surface area contributed by atoms with Crippen LogP contribution in [0.2, 0.25) is 0 Å². The van der Waals surface area contributed by atoms with Crippen molar-refractivity contribution >= 4 is 5.52 Å². The summed E-state index contributed by atoms with van der Waals surface area (Å²) in [7, 11) is 0. The van der Waals surface area contributed by atoms with Crippen LogP contribution in [0.3, 0.4) is 0 Å². The Morgan fingerprint density at radius 1 is 1.17 bits per heavy atom. The summed E-state index contributed by atoms with van der Waals surface area (Å²) in [5.74, 6) is 0. The second kappa shape index (κ2) is 5.68. The van der Waals surface area contributed by atoms with E-state index in [1.54, 1.807) is 13.0 Å². The van der Waals surface area contributed by atoms with Crippen LogP contribution in [-0.4, -0.2) is 26.2 Å². The van der Waals surface area contributed by atoms with E-state index in [1.807, 2.05) is 47.9 Å². The van der Waals surface area contributed by atoms with Gasteiger partial charge in [0.25, 0.3) is 5.56 Å². The van der Waals surface area contributed by atoms with Crippen molar-refractivity contribution in [1.82, 2.24) is 9.38 Å². The standard InChI is InChI=1S/C18H20N2O3/c1-12-3-8-16-17(22)19-15(11-20(12)16)13-4-6-14(7-5-13)18(2,23)9-10-21/h3-8,11,21,23H,9-10H2,1-2H3,(H,19,22)/t18-/m0/s1. The van der Waals surface area contributed by atoms with Crippen LogP contribution >= 0.6 is 0 Å². The Bertz CT molecular complexity index is 889. The smallest absolute Gasteiger partial charge is 0.272 e. The molecule has 0 saturated carbocycles. The maximum Gasteiger partial charge on any atom is 0.272 e.